The van der Waals surface area contributed by atoms with Gasteiger partial charge in [0, 0.05) is 26.2 Å². The summed E-state index contributed by atoms with van der Waals surface area (Å²) in [5.41, 5.74) is 0.332. The number of benzene rings is 1. The van der Waals surface area contributed by atoms with Gasteiger partial charge in [0.15, 0.2) is 0 Å². The van der Waals surface area contributed by atoms with Crippen LogP contribution < -0.4 is 5.32 Å². The van der Waals surface area contributed by atoms with Gasteiger partial charge in [0.2, 0.25) is 0 Å². The van der Waals surface area contributed by atoms with Crippen LogP contribution in [0.25, 0.3) is 0 Å². The van der Waals surface area contributed by atoms with E-state index in [0.717, 1.165) is 5.56 Å². The lowest BCUT2D eigenvalue weighted by Crippen LogP contribution is -2.45. The van der Waals surface area contributed by atoms with Gasteiger partial charge in [0.1, 0.15) is 5.54 Å². The van der Waals surface area contributed by atoms with E-state index in [-0.39, 0.29) is 6.04 Å². The van der Waals surface area contributed by atoms with Crippen LogP contribution in [0.3, 0.4) is 0 Å². The third kappa shape index (κ3) is 3.55. The smallest absolute Gasteiger partial charge is 0.134 e. The molecular formula is C14H20N2O. The first kappa shape index (κ1) is 13.7. The van der Waals surface area contributed by atoms with Crippen molar-refractivity contribution >= 4 is 0 Å². The van der Waals surface area contributed by atoms with Crippen LogP contribution in [0, 0.1) is 11.3 Å². The summed E-state index contributed by atoms with van der Waals surface area (Å²) in [6, 6.07) is 12.5. The van der Waals surface area contributed by atoms with E-state index in [9.17, 15) is 5.26 Å². The molecular weight excluding hydrogens is 212 g/mol. The zero-order valence-corrected chi connectivity index (χ0v) is 10.7. The normalized spacial score (nSPS) is 14.3. The summed E-state index contributed by atoms with van der Waals surface area (Å²) in [5, 5.41) is 12.9. The van der Waals surface area contributed by atoms with Gasteiger partial charge in [-0.05, 0) is 19.4 Å². The van der Waals surface area contributed by atoms with Gasteiger partial charge in [-0.15, -0.1) is 0 Å². The van der Waals surface area contributed by atoms with Crippen molar-refractivity contribution in [1.82, 2.24) is 5.32 Å². The van der Waals surface area contributed by atoms with Gasteiger partial charge < -0.3 is 4.74 Å². The maximum atomic E-state index is 9.54. The summed E-state index contributed by atoms with van der Waals surface area (Å²) in [6.07, 6.45) is 0.641. The number of rotatable bonds is 6. The van der Waals surface area contributed by atoms with Gasteiger partial charge >= 0.3 is 0 Å². The molecule has 0 saturated heterocycles. The quantitative estimate of drug-likeness (QED) is 0.819. The molecule has 1 N–H and O–H groups in total. The summed E-state index contributed by atoms with van der Waals surface area (Å²) in [7, 11) is 1.66. The average Bonchev–Trinajstić information content (AvgIpc) is 2.35. The van der Waals surface area contributed by atoms with E-state index in [2.05, 4.69) is 11.4 Å². The van der Waals surface area contributed by atoms with Crippen molar-refractivity contribution in [3.05, 3.63) is 35.9 Å². The Kier molecular flexibility index (Phi) is 5.14. The standard InChI is InChI=1S/C14H20N2O/c1-12(2)16-14(11-15,9-10-17-3)13-7-5-4-6-8-13/h4-8,12,16H,9-10H2,1-3H3. The minimum absolute atomic E-state index is 0.242. The first-order chi connectivity index (χ1) is 8.14. The van der Waals surface area contributed by atoms with Crippen LogP contribution in [-0.4, -0.2) is 19.8 Å². The molecule has 17 heavy (non-hydrogen) atoms. The van der Waals surface area contributed by atoms with E-state index in [1.165, 1.54) is 0 Å². The van der Waals surface area contributed by atoms with Crippen LogP contribution >= 0.6 is 0 Å². The van der Waals surface area contributed by atoms with Crippen LogP contribution in [-0.2, 0) is 10.3 Å². The summed E-state index contributed by atoms with van der Waals surface area (Å²) in [6.45, 7) is 4.64. The van der Waals surface area contributed by atoms with E-state index in [1.54, 1.807) is 7.11 Å². The maximum absolute atomic E-state index is 9.54. The highest BCUT2D eigenvalue weighted by molar-refractivity contribution is 5.31. The van der Waals surface area contributed by atoms with Crippen molar-refractivity contribution in [2.45, 2.75) is 31.8 Å². The highest BCUT2D eigenvalue weighted by atomic mass is 16.5. The molecule has 0 radical (unpaired) electrons. The van der Waals surface area contributed by atoms with Gasteiger partial charge in [-0.3, -0.25) is 5.32 Å². The molecule has 1 aromatic carbocycles. The van der Waals surface area contributed by atoms with Crippen molar-refractivity contribution < 1.29 is 4.74 Å². The molecule has 0 aliphatic carbocycles. The summed E-state index contributed by atoms with van der Waals surface area (Å²) in [5.74, 6) is 0. The molecule has 0 bridgehead atoms. The number of hydrogen-bond donors (Lipinski definition) is 1. The topological polar surface area (TPSA) is 45.0 Å². The molecule has 0 heterocycles. The minimum Gasteiger partial charge on any atom is -0.385 e. The number of nitrogens with zero attached hydrogens (tertiary/aromatic N) is 1. The highest BCUT2D eigenvalue weighted by Gasteiger charge is 2.32. The Balaban J connectivity index is 3.03. The van der Waals surface area contributed by atoms with Gasteiger partial charge in [0.05, 0.1) is 6.07 Å². The van der Waals surface area contributed by atoms with Crippen LogP contribution in [0.15, 0.2) is 30.3 Å². The van der Waals surface area contributed by atoms with E-state index >= 15 is 0 Å². The predicted octanol–water partition coefficient (Wildman–Crippen LogP) is 2.44. The minimum atomic E-state index is -0.661. The fourth-order valence-corrected chi connectivity index (χ4v) is 1.92. The van der Waals surface area contributed by atoms with E-state index in [1.807, 2.05) is 44.2 Å². The van der Waals surface area contributed by atoms with E-state index < -0.39 is 5.54 Å². The van der Waals surface area contributed by atoms with Crippen LogP contribution in [0.1, 0.15) is 25.8 Å². The third-order valence-electron chi connectivity index (χ3n) is 2.67. The SMILES string of the molecule is COCCC(C#N)(NC(C)C)c1ccccc1. The lowest BCUT2D eigenvalue weighted by Gasteiger charge is -2.30. The summed E-state index contributed by atoms with van der Waals surface area (Å²) >= 11 is 0. The molecule has 92 valence electrons. The Morgan fingerprint density at radius 3 is 2.47 bits per heavy atom. The molecule has 3 heteroatoms. The van der Waals surface area contributed by atoms with Crippen LogP contribution in [0.4, 0.5) is 0 Å². The van der Waals surface area contributed by atoms with Crippen LogP contribution in [0.2, 0.25) is 0 Å². The van der Waals surface area contributed by atoms with Crippen molar-refractivity contribution in [2.24, 2.45) is 0 Å². The molecule has 1 unspecified atom stereocenters. The predicted molar refractivity (Wildman–Crippen MR) is 68.5 cm³/mol. The molecule has 1 rings (SSSR count). The summed E-state index contributed by atoms with van der Waals surface area (Å²) in [4.78, 5) is 0. The Morgan fingerprint density at radius 2 is 2.00 bits per heavy atom. The molecule has 0 aliphatic rings. The number of hydrogen-bond acceptors (Lipinski definition) is 3. The number of ether oxygens (including phenoxy) is 1. The molecule has 0 fully saturated rings. The lowest BCUT2D eigenvalue weighted by molar-refractivity contribution is 0.166. The van der Waals surface area contributed by atoms with E-state index in [4.69, 9.17) is 4.74 Å². The molecule has 0 amide bonds. The van der Waals surface area contributed by atoms with E-state index in [0.29, 0.717) is 13.0 Å². The lowest BCUT2D eigenvalue weighted by atomic mass is 9.87. The highest BCUT2D eigenvalue weighted by Crippen LogP contribution is 2.25. The average molecular weight is 232 g/mol. The first-order valence-corrected chi connectivity index (χ1v) is 5.88. The number of nitrogens with one attached hydrogen (secondary N) is 1. The largest absolute Gasteiger partial charge is 0.385 e. The zero-order chi connectivity index (χ0) is 12.7. The number of nitriles is 1. The Bertz CT molecular complexity index is 370. The molecule has 0 aliphatic heterocycles. The molecule has 1 atom stereocenters. The Labute approximate surface area is 103 Å². The molecule has 1 aromatic rings. The van der Waals surface area contributed by atoms with Gasteiger partial charge in [-0.1, -0.05) is 30.3 Å². The first-order valence-electron chi connectivity index (χ1n) is 5.88. The monoisotopic (exact) mass is 232 g/mol. The zero-order valence-electron chi connectivity index (χ0n) is 10.7. The number of methoxy groups -OCH3 is 1. The molecule has 3 nitrogen and oxygen atoms in total. The third-order valence-corrected chi connectivity index (χ3v) is 2.67. The second-order valence-electron chi connectivity index (χ2n) is 4.42. The fraction of sp³-hybridized carbons (Fsp3) is 0.500. The Morgan fingerprint density at radius 1 is 1.35 bits per heavy atom. The van der Waals surface area contributed by atoms with Gasteiger partial charge in [-0.25, -0.2) is 0 Å². The van der Waals surface area contributed by atoms with Crippen molar-refractivity contribution in [1.29, 1.82) is 5.26 Å². The van der Waals surface area contributed by atoms with Gasteiger partial charge in [0.25, 0.3) is 0 Å². The van der Waals surface area contributed by atoms with Crippen LogP contribution in [0.5, 0.6) is 0 Å². The van der Waals surface area contributed by atoms with Gasteiger partial charge in [-0.2, -0.15) is 5.26 Å². The Hall–Kier alpha value is -1.37. The second kappa shape index (κ2) is 6.39. The second-order valence-corrected chi connectivity index (χ2v) is 4.42. The molecule has 0 saturated carbocycles. The maximum Gasteiger partial charge on any atom is 0.134 e. The summed E-state index contributed by atoms with van der Waals surface area (Å²) < 4.78 is 5.11. The van der Waals surface area contributed by atoms with Crippen molar-refractivity contribution in [2.75, 3.05) is 13.7 Å². The van der Waals surface area contributed by atoms with Crippen molar-refractivity contribution in [3.8, 4) is 6.07 Å². The molecule has 0 aromatic heterocycles. The fourth-order valence-electron chi connectivity index (χ4n) is 1.92. The molecule has 0 spiro atoms. The van der Waals surface area contributed by atoms with Crippen molar-refractivity contribution in [3.63, 3.8) is 0 Å².